The van der Waals surface area contributed by atoms with Crippen molar-refractivity contribution in [1.29, 1.82) is 0 Å². The zero-order valence-corrected chi connectivity index (χ0v) is 27.3. The summed E-state index contributed by atoms with van der Waals surface area (Å²) in [6, 6.07) is 16.8. The lowest BCUT2D eigenvalue weighted by Crippen LogP contribution is -2.04. The lowest BCUT2D eigenvalue weighted by atomic mass is 10.2. The normalized spacial score (nSPS) is 11.4. The Morgan fingerprint density at radius 3 is 1.04 bits per heavy atom. The fourth-order valence-electron chi connectivity index (χ4n) is 5.16. The SMILES string of the molecule is c1ccc(-c2nnn(CCCCCCn3nnc(-c4cccc(-c5nnn(CCCCCCn6nnc(-c7ccccn7)n6)n5)n4)n3)n2)nc1. The lowest BCUT2D eigenvalue weighted by molar-refractivity contribution is 0.449. The van der Waals surface area contributed by atoms with Crippen LogP contribution in [0.2, 0.25) is 0 Å². The molecule has 0 fully saturated rings. The second-order valence-electron chi connectivity index (χ2n) is 11.5. The summed E-state index contributed by atoms with van der Waals surface area (Å²) in [5, 5.41) is 51.2. The van der Waals surface area contributed by atoms with E-state index in [1.54, 1.807) is 31.6 Å². The number of hydrogen-bond donors (Lipinski definition) is 0. The van der Waals surface area contributed by atoms with Gasteiger partial charge in [0.2, 0.25) is 23.3 Å². The third-order valence-electron chi connectivity index (χ3n) is 7.74. The molecule has 0 aliphatic rings. The van der Waals surface area contributed by atoms with Crippen LogP contribution in [0.4, 0.5) is 0 Å². The Kier molecular flexibility index (Phi) is 10.5. The maximum atomic E-state index is 4.68. The van der Waals surface area contributed by atoms with E-state index in [0.29, 0.717) is 60.9 Å². The van der Waals surface area contributed by atoms with Crippen LogP contribution in [0.1, 0.15) is 51.4 Å². The van der Waals surface area contributed by atoms with Crippen LogP contribution in [-0.2, 0) is 26.2 Å². The summed E-state index contributed by atoms with van der Waals surface area (Å²) >= 11 is 0. The molecule has 0 radical (unpaired) electrons. The van der Waals surface area contributed by atoms with Crippen LogP contribution in [-0.4, -0.2) is 95.8 Å². The summed E-state index contributed by atoms with van der Waals surface area (Å²) in [5.74, 6) is 1.98. The number of tetrazole rings is 4. The fraction of sp³-hybridized carbons (Fsp3) is 0.387. The molecular weight excluding hydrogens is 638 g/mol. The second kappa shape index (κ2) is 16.2. The van der Waals surface area contributed by atoms with E-state index < -0.39 is 0 Å². The molecule has 0 saturated heterocycles. The zero-order chi connectivity index (χ0) is 33.8. The first-order valence-corrected chi connectivity index (χ1v) is 16.7. The summed E-state index contributed by atoms with van der Waals surface area (Å²) in [7, 11) is 0. The number of rotatable bonds is 18. The van der Waals surface area contributed by atoms with Crippen molar-refractivity contribution in [3.05, 3.63) is 67.0 Å². The molecule has 0 bridgehead atoms. The van der Waals surface area contributed by atoms with E-state index in [1.165, 1.54) is 0 Å². The highest BCUT2D eigenvalue weighted by atomic mass is 15.6. The average Bonchev–Trinajstić information content (AvgIpc) is 4.00. The van der Waals surface area contributed by atoms with Crippen molar-refractivity contribution in [2.45, 2.75) is 77.5 Å². The van der Waals surface area contributed by atoms with E-state index in [1.807, 2.05) is 54.6 Å². The Labute approximate surface area is 286 Å². The van der Waals surface area contributed by atoms with Gasteiger partial charge in [0.05, 0.1) is 26.2 Å². The molecule has 19 nitrogen and oxygen atoms in total. The number of nitrogens with zero attached hydrogens (tertiary/aromatic N) is 19. The Balaban J connectivity index is 0.801. The fourth-order valence-corrected chi connectivity index (χ4v) is 5.16. The van der Waals surface area contributed by atoms with E-state index in [-0.39, 0.29) is 0 Å². The second-order valence-corrected chi connectivity index (χ2v) is 11.5. The Morgan fingerprint density at radius 2 is 0.700 bits per heavy atom. The van der Waals surface area contributed by atoms with Gasteiger partial charge in [-0.25, -0.2) is 4.98 Å². The van der Waals surface area contributed by atoms with Crippen LogP contribution in [0.5, 0.6) is 0 Å². The molecule has 0 aliphatic carbocycles. The maximum absolute atomic E-state index is 4.68. The smallest absolute Gasteiger partial charge is 0.223 e. The van der Waals surface area contributed by atoms with E-state index in [9.17, 15) is 0 Å². The first-order valence-electron chi connectivity index (χ1n) is 16.7. The molecule has 50 heavy (non-hydrogen) atoms. The first kappa shape index (κ1) is 32.3. The zero-order valence-electron chi connectivity index (χ0n) is 27.3. The Bertz CT molecular complexity index is 1900. The maximum Gasteiger partial charge on any atom is 0.223 e. The summed E-state index contributed by atoms with van der Waals surface area (Å²) in [5.41, 5.74) is 2.64. The van der Waals surface area contributed by atoms with Crippen molar-refractivity contribution in [3.63, 3.8) is 0 Å². The van der Waals surface area contributed by atoms with Gasteiger partial charge < -0.3 is 0 Å². The van der Waals surface area contributed by atoms with Gasteiger partial charge in [-0.1, -0.05) is 43.9 Å². The first-order chi connectivity index (χ1) is 24.8. The topological polar surface area (TPSA) is 213 Å². The molecule has 0 saturated carbocycles. The van der Waals surface area contributed by atoms with Crippen LogP contribution in [0.15, 0.2) is 67.0 Å². The summed E-state index contributed by atoms with van der Waals surface area (Å²) in [6.45, 7) is 2.74. The van der Waals surface area contributed by atoms with Crippen LogP contribution >= 0.6 is 0 Å². The molecule has 7 aromatic rings. The monoisotopic (exact) mass is 673 g/mol. The predicted molar refractivity (Wildman–Crippen MR) is 177 cm³/mol. The van der Waals surface area contributed by atoms with Gasteiger partial charge in [0.1, 0.15) is 22.8 Å². The largest absolute Gasteiger partial charge is 0.253 e. The molecule has 0 N–H and O–H groups in total. The minimum Gasteiger partial charge on any atom is -0.253 e. The van der Waals surface area contributed by atoms with E-state index >= 15 is 0 Å². The Morgan fingerprint density at radius 1 is 0.360 bits per heavy atom. The van der Waals surface area contributed by atoms with E-state index in [4.69, 9.17) is 0 Å². The molecule has 7 rings (SSSR count). The van der Waals surface area contributed by atoms with Crippen molar-refractivity contribution in [2.24, 2.45) is 0 Å². The minimum atomic E-state index is 0.453. The summed E-state index contributed by atoms with van der Waals surface area (Å²) in [4.78, 5) is 19.7. The highest BCUT2D eigenvalue weighted by Gasteiger charge is 2.13. The molecule has 0 amide bonds. The quantitative estimate of drug-likeness (QED) is 0.120. The number of aromatic nitrogens is 19. The predicted octanol–water partition coefficient (Wildman–Crippen LogP) is 3.01. The molecule has 0 spiro atoms. The molecule has 254 valence electrons. The molecule has 7 aromatic heterocycles. The highest BCUT2D eigenvalue weighted by molar-refractivity contribution is 5.56. The van der Waals surface area contributed by atoms with Gasteiger partial charge in [-0.15, -0.1) is 40.8 Å². The number of aryl methyl sites for hydroxylation is 4. The van der Waals surface area contributed by atoms with Crippen molar-refractivity contribution in [2.75, 3.05) is 0 Å². The number of hydrogen-bond acceptors (Lipinski definition) is 15. The highest BCUT2D eigenvalue weighted by Crippen LogP contribution is 2.17. The Hall–Kier alpha value is -6.27. The van der Waals surface area contributed by atoms with Crippen LogP contribution in [0.3, 0.4) is 0 Å². The summed E-state index contributed by atoms with van der Waals surface area (Å²) < 4.78 is 0. The third-order valence-corrected chi connectivity index (χ3v) is 7.74. The third kappa shape index (κ3) is 8.60. The number of unbranched alkanes of at least 4 members (excludes halogenated alkanes) is 6. The molecule has 0 atom stereocenters. The molecule has 0 aliphatic heterocycles. The molecule has 7 heterocycles. The lowest BCUT2D eigenvalue weighted by Gasteiger charge is -2.01. The van der Waals surface area contributed by atoms with E-state index in [0.717, 1.165) is 62.8 Å². The van der Waals surface area contributed by atoms with Gasteiger partial charge in [0.25, 0.3) is 0 Å². The minimum absolute atomic E-state index is 0.453. The van der Waals surface area contributed by atoms with Gasteiger partial charge in [-0.3, -0.25) is 9.97 Å². The molecule has 0 unspecified atom stereocenters. The van der Waals surface area contributed by atoms with Gasteiger partial charge in [-0.2, -0.15) is 19.2 Å². The molecule has 19 heteroatoms. The number of pyridine rings is 3. The standard InChI is InChI=1S/C31H35N19/c1(9-20-47-39-28(35-43-47)24-14-5-7-18-32-24)3-11-22-49-41-30(37-45-49)26-16-13-17-27(34-26)31-38-46-50(42-31)23-12-4-2-10-21-48-40-29(36-44-48)25-15-6-8-19-33-25/h5-8,13-19H,1-4,9-12,20-23H2. The van der Waals surface area contributed by atoms with Gasteiger partial charge >= 0.3 is 0 Å². The van der Waals surface area contributed by atoms with Crippen LogP contribution < -0.4 is 0 Å². The van der Waals surface area contributed by atoms with Crippen LogP contribution in [0.25, 0.3) is 46.1 Å². The van der Waals surface area contributed by atoms with Gasteiger partial charge in [-0.05, 0) is 82.9 Å². The summed E-state index contributed by atoms with van der Waals surface area (Å²) in [6.07, 6.45) is 11.3. The van der Waals surface area contributed by atoms with Crippen molar-refractivity contribution in [1.82, 2.24) is 95.8 Å². The van der Waals surface area contributed by atoms with Crippen LogP contribution in [0, 0.1) is 0 Å². The molecular formula is C31H35N19. The van der Waals surface area contributed by atoms with Crippen molar-refractivity contribution >= 4 is 0 Å². The van der Waals surface area contributed by atoms with Gasteiger partial charge in [0.15, 0.2) is 0 Å². The van der Waals surface area contributed by atoms with E-state index in [2.05, 4.69) is 76.6 Å². The van der Waals surface area contributed by atoms with Gasteiger partial charge in [0, 0.05) is 12.4 Å². The van der Waals surface area contributed by atoms with Crippen molar-refractivity contribution in [3.8, 4) is 46.1 Å². The van der Waals surface area contributed by atoms with Crippen molar-refractivity contribution < 1.29 is 0 Å². The molecule has 0 aromatic carbocycles. The average molecular weight is 674 g/mol.